The van der Waals surface area contributed by atoms with Crippen molar-refractivity contribution in [1.82, 2.24) is 14.9 Å². The molecule has 0 saturated carbocycles. The van der Waals surface area contributed by atoms with Crippen LogP contribution in [0, 0.1) is 11.2 Å². The Kier molecular flexibility index (Phi) is 4.03. The molecule has 2 fully saturated rings. The van der Waals surface area contributed by atoms with Gasteiger partial charge in [0.15, 0.2) is 5.82 Å². The lowest BCUT2D eigenvalue weighted by molar-refractivity contribution is 0.216. The van der Waals surface area contributed by atoms with E-state index < -0.39 is 0 Å². The molecule has 1 spiro atoms. The molecule has 0 N–H and O–H groups in total. The number of piperidine rings is 1. The topological polar surface area (TPSA) is 32.3 Å². The Morgan fingerprint density at radius 3 is 2.83 bits per heavy atom. The molecule has 0 aliphatic carbocycles. The Morgan fingerprint density at radius 1 is 1.17 bits per heavy atom. The number of nitrogens with zero attached hydrogens (tertiary/aromatic N) is 4. The lowest BCUT2D eigenvalue weighted by Crippen LogP contribution is -2.45. The first-order chi connectivity index (χ1) is 11.2. The van der Waals surface area contributed by atoms with E-state index in [0.717, 1.165) is 39.1 Å². The monoisotopic (exact) mass is 332 g/mol. The molecule has 0 amide bonds. The number of hydrogen-bond acceptors (Lipinski definition) is 5. The van der Waals surface area contributed by atoms with Gasteiger partial charge in [-0.2, -0.15) is 0 Å². The Hall–Kier alpha value is -1.53. The summed E-state index contributed by atoms with van der Waals surface area (Å²) in [6, 6.07) is 4.34. The van der Waals surface area contributed by atoms with Crippen molar-refractivity contribution in [1.29, 1.82) is 0 Å². The summed E-state index contributed by atoms with van der Waals surface area (Å²) in [5.41, 5.74) is 0.341. The minimum Gasteiger partial charge on any atom is -0.340 e. The van der Waals surface area contributed by atoms with Crippen LogP contribution in [0.5, 0.6) is 0 Å². The second-order valence-corrected chi connectivity index (χ2v) is 7.80. The van der Waals surface area contributed by atoms with Crippen molar-refractivity contribution in [2.45, 2.75) is 25.8 Å². The normalized spacial score (nSPS) is 25.3. The van der Waals surface area contributed by atoms with Crippen LogP contribution in [0.1, 0.15) is 24.1 Å². The summed E-state index contributed by atoms with van der Waals surface area (Å²) in [6.07, 6.45) is 6.19. The van der Waals surface area contributed by atoms with Gasteiger partial charge in [0.2, 0.25) is 5.95 Å². The molecule has 2 saturated heterocycles. The van der Waals surface area contributed by atoms with Crippen LogP contribution in [-0.2, 0) is 6.54 Å². The minimum absolute atomic E-state index is 0.341. The molecule has 2 aromatic rings. The molecule has 4 nitrogen and oxygen atoms in total. The van der Waals surface area contributed by atoms with Crippen molar-refractivity contribution in [3.8, 4) is 0 Å². The molecule has 2 aliphatic rings. The van der Waals surface area contributed by atoms with E-state index >= 15 is 0 Å². The predicted octanol–water partition coefficient (Wildman–Crippen LogP) is 3.17. The first kappa shape index (κ1) is 15.0. The lowest BCUT2D eigenvalue weighted by Gasteiger charge is -2.40. The van der Waals surface area contributed by atoms with Crippen LogP contribution in [0.2, 0.25) is 0 Å². The molecule has 4 rings (SSSR count). The number of hydrogen-bond donors (Lipinski definition) is 0. The smallest absolute Gasteiger partial charge is 0.225 e. The standard InChI is InChI=1S/C17H21FN4S/c18-14-9-19-16(20-10-14)22-6-2-4-17(13-22)5-7-21(12-17)11-15-3-1-8-23-15/h1,3,8-10H,2,4-7,11-13H2/t17-/m1/s1. The Labute approximate surface area is 140 Å². The highest BCUT2D eigenvalue weighted by molar-refractivity contribution is 7.09. The molecule has 122 valence electrons. The number of rotatable bonds is 3. The maximum atomic E-state index is 13.0. The molecule has 0 unspecified atom stereocenters. The van der Waals surface area contributed by atoms with E-state index in [4.69, 9.17) is 0 Å². The van der Waals surface area contributed by atoms with Crippen molar-refractivity contribution < 1.29 is 4.39 Å². The molecule has 0 aromatic carbocycles. The van der Waals surface area contributed by atoms with Crippen LogP contribution >= 0.6 is 11.3 Å². The summed E-state index contributed by atoms with van der Waals surface area (Å²) in [7, 11) is 0. The number of thiophene rings is 1. The van der Waals surface area contributed by atoms with Crippen LogP contribution in [-0.4, -0.2) is 41.0 Å². The largest absolute Gasteiger partial charge is 0.340 e. The van der Waals surface area contributed by atoms with E-state index in [1.807, 2.05) is 11.3 Å². The van der Waals surface area contributed by atoms with Crippen molar-refractivity contribution >= 4 is 17.3 Å². The second-order valence-electron chi connectivity index (χ2n) is 6.77. The summed E-state index contributed by atoms with van der Waals surface area (Å²) in [6.45, 7) is 5.32. The zero-order chi connectivity index (χ0) is 15.7. The average Bonchev–Trinajstić information content (AvgIpc) is 3.19. The number of aromatic nitrogens is 2. The van der Waals surface area contributed by atoms with E-state index in [2.05, 4.69) is 37.3 Å². The highest BCUT2D eigenvalue weighted by atomic mass is 32.1. The predicted molar refractivity (Wildman–Crippen MR) is 90.1 cm³/mol. The van der Waals surface area contributed by atoms with Crippen molar-refractivity contribution in [3.05, 3.63) is 40.6 Å². The Balaban J connectivity index is 1.43. The van der Waals surface area contributed by atoms with Gasteiger partial charge in [-0.05, 0) is 37.3 Å². The third kappa shape index (κ3) is 3.23. The molecular weight excluding hydrogens is 311 g/mol. The molecule has 23 heavy (non-hydrogen) atoms. The van der Waals surface area contributed by atoms with Gasteiger partial charge in [-0.15, -0.1) is 11.3 Å². The van der Waals surface area contributed by atoms with Gasteiger partial charge in [0.25, 0.3) is 0 Å². The Bertz CT molecular complexity index is 645. The molecule has 2 aliphatic heterocycles. The zero-order valence-electron chi connectivity index (χ0n) is 13.1. The highest BCUT2D eigenvalue weighted by Gasteiger charge is 2.41. The van der Waals surface area contributed by atoms with Crippen LogP contribution in [0.15, 0.2) is 29.9 Å². The summed E-state index contributed by atoms with van der Waals surface area (Å²) < 4.78 is 13.0. The lowest BCUT2D eigenvalue weighted by atomic mass is 9.79. The SMILES string of the molecule is Fc1cnc(N2CCC[C@]3(CCN(Cc4cccs4)C3)C2)nc1. The first-order valence-electron chi connectivity index (χ1n) is 8.20. The van der Waals surface area contributed by atoms with Gasteiger partial charge in [0.05, 0.1) is 12.4 Å². The molecule has 1 atom stereocenters. The molecular formula is C17H21FN4S. The summed E-state index contributed by atoms with van der Waals surface area (Å²) in [5, 5.41) is 2.15. The van der Waals surface area contributed by atoms with Crippen molar-refractivity contribution in [2.24, 2.45) is 5.41 Å². The molecule has 4 heterocycles. The molecule has 2 aromatic heterocycles. The summed E-state index contributed by atoms with van der Waals surface area (Å²) in [5.74, 6) is 0.297. The van der Waals surface area contributed by atoms with Gasteiger partial charge in [0, 0.05) is 36.5 Å². The molecule has 0 radical (unpaired) electrons. The van der Waals surface area contributed by atoms with Gasteiger partial charge >= 0.3 is 0 Å². The summed E-state index contributed by atoms with van der Waals surface area (Å²) >= 11 is 1.84. The van der Waals surface area contributed by atoms with Gasteiger partial charge in [0.1, 0.15) is 0 Å². The number of halogens is 1. The fraction of sp³-hybridized carbons (Fsp3) is 0.529. The van der Waals surface area contributed by atoms with E-state index in [-0.39, 0.29) is 5.82 Å². The van der Waals surface area contributed by atoms with Crippen LogP contribution in [0.3, 0.4) is 0 Å². The zero-order valence-corrected chi connectivity index (χ0v) is 13.9. The first-order valence-corrected chi connectivity index (χ1v) is 9.08. The molecule has 6 heteroatoms. The minimum atomic E-state index is -0.372. The Morgan fingerprint density at radius 2 is 2.04 bits per heavy atom. The van der Waals surface area contributed by atoms with E-state index in [1.54, 1.807) is 0 Å². The van der Waals surface area contributed by atoms with E-state index in [0.29, 0.717) is 11.4 Å². The fourth-order valence-corrected chi connectivity index (χ4v) is 4.71. The summed E-state index contributed by atoms with van der Waals surface area (Å²) in [4.78, 5) is 14.6. The maximum Gasteiger partial charge on any atom is 0.225 e. The maximum absolute atomic E-state index is 13.0. The fourth-order valence-electron chi connectivity index (χ4n) is 3.97. The van der Waals surface area contributed by atoms with Crippen LogP contribution in [0.25, 0.3) is 0 Å². The van der Waals surface area contributed by atoms with Crippen molar-refractivity contribution in [2.75, 3.05) is 31.1 Å². The second kappa shape index (κ2) is 6.17. The third-order valence-corrected chi connectivity index (χ3v) is 5.89. The van der Waals surface area contributed by atoms with E-state index in [1.165, 1.54) is 30.1 Å². The van der Waals surface area contributed by atoms with Gasteiger partial charge < -0.3 is 4.90 Å². The highest BCUT2D eigenvalue weighted by Crippen LogP contribution is 2.40. The molecule has 0 bridgehead atoms. The van der Waals surface area contributed by atoms with Crippen LogP contribution < -0.4 is 4.90 Å². The third-order valence-electron chi connectivity index (χ3n) is 5.03. The van der Waals surface area contributed by atoms with Crippen molar-refractivity contribution in [3.63, 3.8) is 0 Å². The van der Waals surface area contributed by atoms with Crippen LogP contribution in [0.4, 0.5) is 10.3 Å². The number of likely N-dealkylation sites (tertiary alicyclic amines) is 1. The van der Waals surface area contributed by atoms with E-state index in [9.17, 15) is 4.39 Å². The number of anilines is 1. The van der Waals surface area contributed by atoms with Gasteiger partial charge in [-0.1, -0.05) is 6.07 Å². The van der Waals surface area contributed by atoms with Gasteiger partial charge in [-0.3, -0.25) is 4.90 Å². The average molecular weight is 332 g/mol. The van der Waals surface area contributed by atoms with Gasteiger partial charge in [-0.25, -0.2) is 14.4 Å². The quantitative estimate of drug-likeness (QED) is 0.864.